The fraction of sp³-hybridized carbons (Fsp3) is 0.389. The molecule has 0 spiro atoms. The topological polar surface area (TPSA) is 73.4 Å². The number of rotatable bonds is 6. The molecule has 26 heavy (non-hydrogen) atoms. The van der Waals surface area contributed by atoms with Crippen molar-refractivity contribution >= 4 is 17.2 Å². The van der Waals surface area contributed by atoms with Gasteiger partial charge in [-0.2, -0.15) is 5.10 Å². The van der Waals surface area contributed by atoms with Gasteiger partial charge in [-0.05, 0) is 18.4 Å². The highest BCUT2D eigenvalue weighted by Gasteiger charge is 2.29. The summed E-state index contributed by atoms with van der Waals surface area (Å²) in [6.07, 6.45) is 3.76. The summed E-state index contributed by atoms with van der Waals surface area (Å²) in [5.41, 5.74) is 3.68. The van der Waals surface area contributed by atoms with E-state index in [0.29, 0.717) is 38.5 Å². The summed E-state index contributed by atoms with van der Waals surface area (Å²) in [7, 11) is 0. The first kappa shape index (κ1) is 17.0. The summed E-state index contributed by atoms with van der Waals surface area (Å²) in [6, 6.07) is 3.77. The highest BCUT2D eigenvalue weighted by molar-refractivity contribution is 7.12. The van der Waals surface area contributed by atoms with Crippen LogP contribution in [0.2, 0.25) is 0 Å². The van der Waals surface area contributed by atoms with Gasteiger partial charge in [0.15, 0.2) is 6.39 Å². The highest BCUT2D eigenvalue weighted by atomic mass is 32.1. The van der Waals surface area contributed by atoms with Crippen molar-refractivity contribution in [2.75, 3.05) is 19.8 Å². The van der Waals surface area contributed by atoms with Gasteiger partial charge in [-0.25, -0.2) is 4.98 Å². The molecule has 0 bridgehead atoms. The monoisotopic (exact) mass is 372 g/mol. The smallest absolute Gasteiger partial charge is 0.264 e. The first-order chi connectivity index (χ1) is 12.8. The molecule has 0 saturated carbocycles. The van der Waals surface area contributed by atoms with E-state index in [-0.39, 0.29) is 5.91 Å². The number of nitrogens with zero attached hydrogens (tertiary/aromatic N) is 4. The lowest BCUT2D eigenvalue weighted by Gasteiger charge is -2.27. The van der Waals surface area contributed by atoms with E-state index in [2.05, 4.69) is 4.98 Å². The van der Waals surface area contributed by atoms with Crippen LogP contribution in [-0.4, -0.2) is 45.3 Å². The number of carbonyl (C=O) groups is 1. The Morgan fingerprint density at radius 1 is 1.46 bits per heavy atom. The SMILES string of the molecule is CCOCCn1nc(-c2cocn2)c2c1CCN(C(=O)c1cccs1)C2. The third kappa shape index (κ3) is 3.17. The second-order valence-corrected chi connectivity index (χ2v) is 6.97. The maximum atomic E-state index is 12.7. The summed E-state index contributed by atoms with van der Waals surface area (Å²) < 4.78 is 12.6. The van der Waals surface area contributed by atoms with Crippen LogP contribution in [0, 0.1) is 0 Å². The lowest BCUT2D eigenvalue weighted by Crippen LogP contribution is -2.36. The van der Waals surface area contributed by atoms with E-state index in [0.717, 1.165) is 28.2 Å². The molecule has 1 aliphatic rings. The van der Waals surface area contributed by atoms with E-state index in [4.69, 9.17) is 14.3 Å². The van der Waals surface area contributed by atoms with Crippen molar-refractivity contribution < 1.29 is 13.9 Å². The molecule has 1 amide bonds. The fourth-order valence-corrected chi connectivity index (χ4v) is 3.93. The Morgan fingerprint density at radius 2 is 2.38 bits per heavy atom. The van der Waals surface area contributed by atoms with E-state index in [1.54, 1.807) is 6.26 Å². The second-order valence-electron chi connectivity index (χ2n) is 6.02. The number of ether oxygens (including phenoxy) is 1. The van der Waals surface area contributed by atoms with Crippen molar-refractivity contribution in [3.63, 3.8) is 0 Å². The van der Waals surface area contributed by atoms with Crippen molar-refractivity contribution in [1.29, 1.82) is 0 Å². The number of thiophene rings is 1. The summed E-state index contributed by atoms with van der Waals surface area (Å²) >= 11 is 1.47. The Bertz CT molecular complexity index is 871. The molecule has 0 fully saturated rings. The van der Waals surface area contributed by atoms with Crippen molar-refractivity contribution in [3.8, 4) is 11.4 Å². The minimum atomic E-state index is 0.0684. The molecule has 4 heterocycles. The van der Waals surface area contributed by atoms with Crippen molar-refractivity contribution in [1.82, 2.24) is 19.7 Å². The molecule has 4 rings (SSSR count). The van der Waals surface area contributed by atoms with Crippen molar-refractivity contribution in [2.45, 2.75) is 26.4 Å². The fourth-order valence-electron chi connectivity index (χ4n) is 3.24. The van der Waals surface area contributed by atoms with E-state index in [1.807, 2.05) is 34.0 Å². The van der Waals surface area contributed by atoms with Gasteiger partial charge >= 0.3 is 0 Å². The minimum absolute atomic E-state index is 0.0684. The predicted octanol–water partition coefficient (Wildman–Crippen LogP) is 2.83. The van der Waals surface area contributed by atoms with Gasteiger partial charge in [-0.3, -0.25) is 9.48 Å². The third-order valence-corrected chi connectivity index (χ3v) is 5.34. The molecular formula is C18H20N4O3S. The van der Waals surface area contributed by atoms with Gasteiger partial charge in [0.05, 0.1) is 24.6 Å². The average molecular weight is 372 g/mol. The molecule has 0 unspecified atom stereocenters. The van der Waals surface area contributed by atoms with Crippen LogP contribution in [0.5, 0.6) is 0 Å². The zero-order valence-electron chi connectivity index (χ0n) is 14.6. The molecule has 0 radical (unpaired) electrons. The molecule has 3 aromatic heterocycles. The molecule has 0 aliphatic carbocycles. The Labute approximate surface area is 155 Å². The summed E-state index contributed by atoms with van der Waals surface area (Å²) in [4.78, 5) is 19.6. The van der Waals surface area contributed by atoms with Crippen LogP contribution in [-0.2, 0) is 24.2 Å². The van der Waals surface area contributed by atoms with Crippen LogP contribution >= 0.6 is 11.3 Å². The number of carbonyl (C=O) groups excluding carboxylic acids is 1. The number of fused-ring (bicyclic) bond motifs is 1. The van der Waals surface area contributed by atoms with Crippen molar-refractivity contribution in [3.05, 3.63) is 46.3 Å². The van der Waals surface area contributed by atoms with Crippen LogP contribution in [0.3, 0.4) is 0 Å². The molecule has 3 aromatic rings. The Balaban J connectivity index is 1.64. The lowest BCUT2D eigenvalue weighted by molar-refractivity contribution is 0.0737. The molecule has 0 atom stereocenters. The number of aromatic nitrogens is 3. The van der Waals surface area contributed by atoms with E-state index in [9.17, 15) is 4.79 Å². The summed E-state index contributed by atoms with van der Waals surface area (Å²) in [5, 5.41) is 6.67. The highest BCUT2D eigenvalue weighted by Crippen LogP contribution is 2.30. The minimum Gasteiger partial charge on any atom is -0.451 e. The number of oxazole rings is 1. The second kappa shape index (κ2) is 7.43. The van der Waals surface area contributed by atoms with Gasteiger partial charge in [0, 0.05) is 30.8 Å². The first-order valence-electron chi connectivity index (χ1n) is 8.65. The van der Waals surface area contributed by atoms with Crippen LogP contribution in [0.15, 0.2) is 34.6 Å². The van der Waals surface area contributed by atoms with Gasteiger partial charge in [0.25, 0.3) is 5.91 Å². The number of hydrogen-bond acceptors (Lipinski definition) is 6. The van der Waals surface area contributed by atoms with Crippen LogP contribution < -0.4 is 0 Å². The van der Waals surface area contributed by atoms with Gasteiger partial charge in [-0.1, -0.05) is 6.07 Å². The molecule has 0 N–H and O–H groups in total. The van der Waals surface area contributed by atoms with Gasteiger partial charge in [-0.15, -0.1) is 11.3 Å². The number of amides is 1. The van der Waals surface area contributed by atoms with Crippen LogP contribution in [0.25, 0.3) is 11.4 Å². The Hall–Kier alpha value is -2.45. The molecule has 0 aromatic carbocycles. The maximum absolute atomic E-state index is 12.7. The molecular weight excluding hydrogens is 352 g/mol. The zero-order chi connectivity index (χ0) is 17.9. The summed E-state index contributed by atoms with van der Waals surface area (Å²) in [5.74, 6) is 0.0684. The predicted molar refractivity (Wildman–Crippen MR) is 97.0 cm³/mol. The molecule has 136 valence electrons. The Kier molecular flexibility index (Phi) is 4.85. The van der Waals surface area contributed by atoms with Crippen molar-refractivity contribution in [2.24, 2.45) is 0 Å². The average Bonchev–Trinajstić information content (AvgIpc) is 3.41. The lowest BCUT2D eigenvalue weighted by atomic mass is 10.0. The largest absolute Gasteiger partial charge is 0.451 e. The Morgan fingerprint density at radius 3 is 3.12 bits per heavy atom. The van der Waals surface area contributed by atoms with E-state index >= 15 is 0 Å². The van der Waals surface area contributed by atoms with Crippen LogP contribution in [0.4, 0.5) is 0 Å². The standard InChI is InChI=1S/C18H20N4O3S/c1-2-24-8-7-22-15-5-6-21(18(23)16-4-3-9-26-16)10-13(15)17(20-22)14-11-25-12-19-14/h3-4,9,11-12H,2,5-8,10H2,1H3. The third-order valence-electron chi connectivity index (χ3n) is 4.48. The van der Waals surface area contributed by atoms with Gasteiger partial charge in [0.1, 0.15) is 17.7 Å². The zero-order valence-corrected chi connectivity index (χ0v) is 15.4. The quantitative estimate of drug-likeness (QED) is 0.622. The summed E-state index contributed by atoms with van der Waals surface area (Å²) in [6.45, 7) is 5.18. The van der Waals surface area contributed by atoms with Gasteiger partial charge < -0.3 is 14.1 Å². The molecule has 0 saturated heterocycles. The molecule has 1 aliphatic heterocycles. The number of hydrogen-bond donors (Lipinski definition) is 0. The normalized spacial score (nSPS) is 13.8. The molecule has 7 nitrogen and oxygen atoms in total. The van der Waals surface area contributed by atoms with Gasteiger partial charge in [0.2, 0.25) is 0 Å². The van der Waals surface area contributed by atoms with Crippen LogP contribution in [0.1, 0.15) is 27.9 Å². The maximum Gasteiger partial charge on any atom is 0.264 e. The van der Waals surface area contributed by atoms with E-state index in [1.165, 1.54) is 17.7 Å². The molecule has 8 heteroatoms. The van der Waals surface area contributed by atoms with E-state index < -0.39 is 0 Å². The first-order valence-corrected chi connectivity index (χ1v) is 9.53.